The molecule has 1 aromatic heterocycles. The van der Waals surface area contributed by atoms with Gasteiger partial charge in [-0.2, -0.15) is 0 Å². The number of carbonyl (C=O) groups excluding carboxylic acids is 1. The lowest BCUT2D eigenvalue weighted by atomic mass is 10.0. The third-order valence-electron chi connectivity index (χ3n) is 5.90. The van der Waals surface area contributed by atoms with Gasteiger partial charge in [0.05, 0.1) is 37.0 Å². The van der Waals surface area contributed by atoms with Gasteiger partial charge in [-0.3, -0.25) is 4.79 Å². The Morgan fingerprint density at radius 2 is 1.62 bits per heavy atom. The minimum atomic E-state index is -0.136. The molecule has 1 atom stereocenters. The smallest absolute Gasteiger partial charge is 0.252 e. The molecule has 34 heavy (non-hydrogen) atoms. The standard InChI is InChI=1S/C28H29N3O3/c1-31(2)25(19-10-6-5-7-11-19)18-29-28(32)22-17-24(30-23-13-9-8-12-21(22)23)20-14-15-26(33-3)27(16-20)34-4/h5-17,25H,18H2,1-4H3,(H,29,32)/t25-/m0/s1. The van der Waals surface area contributed by atoms with E-state index >= 15 is 0 Å². The van der Waals surface area contributed by atoms with Crippen molar-refractivity contribution in [2.24, 2.45) is 0 Å². The molecule has 6 nitrogen and oxygen atoms in total. The number of methoxy groups -OCH3 is 2. The first-order chi connectivity index (χ1) is 16.5. The normalized spacial score (nSPS) is 11.9. The SMILES string of the molecule is COc1ccc(-c2cc(C(=O)NC[C@@H](c3ccccc3)N(C)C)c3ccccc3n2)cc1OC. The van der Waals surface area contributed by atoms with Crippen LogP contribution >= 0.6 is 0 Å². The molecule has 1 heterocycles. The topological polar surface area (TPSA) is 63.7 Å². The summed E-state index contributed by atoms with van der Waals surface area (Å²) in [4.78, 5) is 20.3. The van der Waals surface area contributed by atoms with Gasteiger partial charge in [0.15, 0.2) is 11.5 Å². The quantitative estimate of drug-likeness (QED) is 0.407. The second kappa shape index (κ2) is 10.4. The summed E-state index contributed by atoms with van der Waals surface area (Å²) in [5, 5.41) is 3.95. The van der Waals surface area contributed by atoms with Crippen LogP contribution in [0.15, 0.2) is 78.9 Å². The van der Waals surface area contributed by atoms with E-state index in [1.165, 1.54) is 0 Å². The van der Waals surface area contributed by atoms with Crippen LogP contribution in [0.3, 0.4) is 0 Å². The Hall–Kier alpha value is -3.90. The van der Waals surface area contributed by atoms with Crippen LogP contribution in [0.2, 0.25) is 0 Å². The number of fused-ring (bicyclic) bond motifs is 1. The lowest BCUT2D eigenvalue weighted by Gasteiger charge is -2.25. The molecule has 0 unspecified atom stereocenters. The Labute approximate surface area is 200 Å². The third kappa shape index (κ3) is 4.87. The Morgan fingerprint density at radius 3 is 2.32 bits per heavy atom. The van der Waals surface area contributed by atoms with Crippen molar-refractivity contribution in [1.29, 1.82) is 0 Å². The van der Waals surface area contributed by atoms with Crippen LogP contribution in [0.5, 0.6) is 11.5 Å². The number of carbonyl (C=O) groups is 1. The molecule has 4 rings (SSSR count). The second-order valence-corrected chi connectivity index (χ2v) is 8.24. The molecule has 0 aliphatic carbocycles. The molecule has 0 radical (unpaired) electrons. The minimum Gasteiger partial charge on any atom is -0.493 e. The predicted molar refractivity (Wildman–Crippen MR) is 135 cm³/mol. The summed E-state index contributed by atoms with van der Waals surface area (Å²) in [6.07, 6.45) is 0. The van der Waals surface area contributed by atoms with Gasteiger partial charge in [-0.1, -0.05) is 48.5 Å². The Morgan fingerprint density at radius 1 is 0.912 bits per heavy atom. The molecule has 1 N–H and O–H groups in total. The summed E-state index contributed by atoms with van der Waals surface area (Å²) in [5.74, 6) is 1.11. The van der Waals surface area contributed by atoms with Gasteiger partial charge >= 0.3 is 0 Å². The maximum atomic E-state index is 13.4. The first kappa shape index (κ1) is 23.3. The van der Waals surface area contributed by atoms with Crippen LogP contribution in [-0.2, 0) is 0 Å². The van der Waals surface area contributed by atoms with Gasteiger partial charge in [-0.15, -0.1) is 0 Å². The summed E-state index contributed by atoms with van der Waals surface area (Å²) in [5.41, 5.74) is 4.02. The molecular formula is C28H29N3O3. The molecule has 0 spiro atoms. The van der Waals surface area contributed by atoms with Crippen LogP contribution in [0.4, 0.5) is 0 Å². The average molecular weight is 456 g/mol. The van der Waals surface area contributed by atoms with Crippen LogP contribution in [0.1, 0.15) is 22.0 Å². The number of hydrogen-bond donors (Lipinski definition) is 1. The lowest BCUT2D eigenvalue weighted by molar-refractivity contribution is 0.0943. The van der Waals surface area contributed by atoms with Crippen LogP contribution in [0, 0.1) is 0 Å². The minimum absolute atomic E-state index is 0.0589. The summed E-state index contributed by atoms with van der Waals surface area (Å²) < 4.78 is 10.8. The highest BCUT2D eigenvalue weighted by Gasteiger charge is 2.18. The van der Waals surface area contributed by atoms with Crippen molar-refractivity contribution < 1.29 is 14.3 Å². The molecule has 174 valence electrons. The first-order valence-electron chi connectivity index (χ1n) is 11.1. The maximum Gasteiger partial charge on any atom is 0.252 e. The fourth-order valence-corrected chi connectivity index (χ4v) is 4.07. The molecule has 1 amide bonds. The van der Waals surface area contributed by atoms with Crippen molar-refractivity contribution >= 4 is 16.8 Å². The fraction of sp³-hybridized carbons (Fsp3) is 0.214. The van der Waals surface area contributed by atoms with Crippen molar-refractivity contribution in [2.45, 2.75) is 6.04 Å². The fourth-order valence-electron chi connectivity index (χ4n) is 4.07. The zero-order valence-corrected chi connectivity index (χ0v) is 19.9. The largest absolute Gasteiger partial charge is 0.493 e. The zero-order chi connectivity index (χ0) is 24.1. The molecule has 3 aromatic carbocycles. The van der Waals surface area contributed by atoms with Gasteiger partial charge in [-0.25, -0.2) is 4.98 Å². The van der Waals surface area contributed by atoms with E-state index in [-0.39, 0.29) is 11.9 Å². The highest BCUT2D eigenvalue weighted by atomic mass is 16.5. The van der Waals surface area contributed by atoms with E-state index in [9.17, 15) is 4.79 Å². The number of nitrogens with zero attached hydrogens (tertiary/aromatic N) is 2. The van der Waals surface area contributed by atoms with Gasteiger partial charge in [0.1, 0.15) is 0 Å². The van der Waals surface area contributed by atoms with Gasteiger partial charge < -0.3 is 19.7 Å². The second-order valence-electron chi connectivity index (χ2n) is 8.24. The third-order valence-corrected chi connectivity index (χ3v) is 5.90. The summed E-state index contributed by atoms with van der Waals surface area (Å²) in [6, 6.07) is 25.4. The first-order valence-corrected chi connectivity index (χ1v) is 11.1. The Balaban J connectivity index is 1.68. The molecule has 0 aliphatic heterocycles. The number of hydrogen-bond acceptors (Lipinski definition) is 5. The molecule has 0 bridgehead atoms. The van der Waals surface area contributed by atoms with Crippen molar-refractivity contribution in [1.82, 2.24) is 15.2 Å². The van der Waals surface area contributed by atoms with Gasteiger partial charge in [0, 0.05) is 17.5 Å². The van der Waals surface area contributed by atoms with Gasteiger partial charge in [0.2, 0.25) is 0 Å². The summed E-state index contributed by atoms with van der Waals surface area (Å²) >= 11 is 0. The summed E-state index contributed by atoms with van der Waals surface area (Å²) in [6.45, 7) is 0.484. The van der Waals surface area contributed by atoms with Gasteiger partial charge in [0.25, 0.3) is 5.91 Å². The van der Waals surface area contributed by atoms with Crippen LogP contribution < -0.4 is 14.8 Å². The molecule has 6 heteroatoms. The Bertz CT molecular complexity index is 1290. The molecule has 0 saturated carbocycles. The van der Waals surface area contributed by atoms with E-state index in [0.717, 1.165) is 22.0 Å². The molecule has 0 aliphatic rings. The van der Waals surface area contributed by atoms with Crippen LogP contribution in [-0.4, -0.2) is 50.7 Å². The lowest BCUT2D eigenvalue weighted by Crippen LogP contribution is -2.34. The highest BCUT2D eigenvalue weighted by Crippen LogP contribution is 2.33. The van der Waals surface area contributed by atoms with E-state index in [1.807, 2.05) is 80.8 Å². The molecule has 4 aromatic rings. The number of para-hydroxylation sites is 1. The van der Waals surface area contributed by atoms with E-state index in [1.54, 1.807) is 14.2 Å². The van der Waals surface area contributed by atoms with E-state index < -0.39 is 0 Å². The highest BCUT2D eigenvalue weighted by molar-refractivity contribution is 6.07. The Kier molecular flexibility index (Phi) is 7.09. The monoisotopic (exact) mass is 455 g/mol. The van der Waals surface area contributed by atoms with Crippen molar-refractivity contribution in [3.8, 4) is 22.8 Å². The number of ether oxygens (including phenoxy) is 2. The average Bonchev–Trinajstić information content (AvgIpc) is 2.88. The summed E-state index contributed by atoms with van der Waals surface area (Å²) in [7, 11) is 7.23. The van der Waals surface area contributed by atoms with Crippen LogP contribution in [0.25, 0.3) is 22.2 Å². The molecule has 0 fully saturated rings. The van der Waals surface area contributed by atoms with E-state index in [4.69, 9.17) is 14.5 Å². The molecular weight excluding hydrogens is 426 g/mol. The van der Waals surface area contributed by atoms with E-state index in [0.29, 0.717) is 29.3 Å². The number of nitrogens with one attached hydrogen (secondary N) is 1. The number of amides is 1. The number of aromatic nitrogens is 1. The number of pyridine rings is 1. The number of likely N-dealkylation sites (N-methyl/N-ethyl adjacent to an activating group) is 1. The van der Waals surface area contributed by atoms with Crippen molar-refractivity contribution in [2.75, 3.05) is 34.9 Å². The van der Waals surface area contributed by atoms with E-state index in [2.05, 4.69) is 22.3 Å². The van der Waals surface area contributed by atoms with Crippen molar-refractivity contribution in [3.05, 3.63) is 90.0 Å². The van der Waals surface area contributed by atoms with Gasteiger partial charge in [-0.05, 0) is 50.0 Å². The maximum absolute atomic E-state index is 13.4. The molecule has 0 saturated heterocycles. The number of rotatable bonds is 8. The number of benzene rings is 3. The zero-order valence-electron chi connectivity index (χ0n) is 19.9. The predicted octanol–water partition coefficient (Wildman–Crippen LogP) is 4.95. The van der Waals surface area contributed by atoms with Crippen molar-refractivity contribution in [3.63, 3.8) is 0 Å².